The first kappa shape index (κ1) is 18.4. The summed E-state index contributed by atoms with van der Waals surface area (Å²) in [4.78, 5) is 23.9. The molecule has 0 aliphatic heterocycles. The number of carbonyl (C=O) groups is 2. The third-order valence-electron chi connectivity index (χ3n) is 3.25. The van der Waals surface area contributed by atoms with E-state index in [0.717, 1.165) is 0 Å². The van der Waals surface area contributed by atoms with Crippen molar-refractivity contribution in [2.24, 2.45) is 0 Å². The highest BCUT2D eigenvalue weighted by Crippen LogP contribution is 2.28. The molecule has 0 aliphatic carbocycles. The molecule has 25 heavy (non-hydrogen) atoms. The Kier molecular flexibility index (Phi) is 6.08. The number of benzene rings is 2. The number of anilines is 2. The van der Waals surface area contributed by atoms with Crippen molar-refractivity contribution >= 4 is 34.9 Å². The van der Waals surface area contributed by atoms with Crippen molar-refractivity contribution in [1.29, 1.82) is 0 Å². The van der Waals surface area contributed by atoms with Gasteiger partial charge in [-0.25, -0.2) is 4.79 Å². The second-order valence-corrected chi connectivity index (χ2v) is 5.33. The van der Waals surface area contributed by atoms with Crippen LogP contribution >= 0.6 is 11.6 Å². The smallest absolute Gasteiger partial charge is 0.338 e. The van der Waals surface area contributed by atoms with E-state index in [0.29, 0.717) is 22.2 Å². The highest BCUT2D eigenvalue weighted by molar-refractivity contribution is 6.33. The van der Waals surface area contributed by atoms with Gasteiger partial charge >= 0.3 is 5.97 Å². The topological polar surface area (TPSA) is 99.9 Å². The summed E-state index contributed by atoms with van der Waals surface area (Å²) in [5.74, 6) is -0.214. The zero-order valence-corrected chi connectivity index (χ0v) is 14.4. The second-order valence-electron chi connectivity index (χ2n) is 4.93. The van der Waals surface area contributed by atoms with Crippen molar-refractivity contribution in [2.75, 3.05) is 31.9 Å². The molecule has 0 atom stereocenters. The van der Waals surface area contributed by atoms with Crippen LogP contribution in [0, 0.1) is 0 Å². The molecule has 1 amide bonds. The van der Waals surface area contributed by atoms with Gasteiger partial charge in [0.2, 0.25) is 0 Å². The van der Waals surface area contributed by atoms with E-state index in [-0.39, 0.29) is 11.3 Å². The monoisotopic (exact) mass is 364 g/mol. The van der Waals surface area contributed by atoms with Gasteiger partial charge in [-0.1, -0.05) is 11.6 Å². The summed E-state index contributed by atoms with van der Waals surface area (Å²) in [5, 5.41) is 2.93. The number of amides is 1. The van der Waals surface area contributed by atoms with Crippen LogP contribution in [0.1, 0.15) is 10.4 Å². The van der Waals surface area contributed by atoms with Crippen LogP contribution in [-0.2, 0) is 9.53 Å². The molecule has 0 heterocycles. The lowest BCUT2D eigenvalue weighted by Gasteiger charge is -2.12. The van der Waals surface area contributed by atoms with E-state index in [1.54, 1.807) is 18.2 Å². The summed E-state index contributed by atoms with van der Waals surface area (Å²) in [6, 6.07) is 9.27. The van der Waals surface area contributed by atoms with Crippen molar-refractivity contribution in [3.05, 3.63) is 47.0 Å². The molecule has 0 fully saturated rings. The van der Waals surface area contributed by atoms with Crippen LogP contribution in [0.4, 0.5) is 11.4 Å². The first-order valence-electron chi connectivity index (χ1n) is 7.18. The Morgan fingerprint density at radius 2 is 1.88 bits per heavy atom. The Hall–Kier alpha value is -2.93. The molecule has 7 nitrogen and oxygen atoms in total. The van der Waals surface area contributed by atoms with Gasteiger partial charge < -0.3 is 25.3 Å². The van der Waals surface area contributed by atoms with Gasteiger partial charge in [-0.2, -0.15) is 0 Å². The predicted molar refractivity (Wildman–Crippen MR) is 94.3 cm³/mol. The Labute approximate surface area is 149 Å². The average Bonchev–Trinajstić information content (AvgIpc) is 2.61. The summed E-state index contributed by atoms with van der Waals surface area (Å²) in [6.45, 7) is -0.471. The molecular formula is C17H17ClN2O5. The lowest BCUT2D eigenvalue weighted by atomic mass is 10.2. The first-order valence-corrected chi connectivity index (χ1v) is 7.56. The maximum atomic E-state index is 12.0. The van der Waals surface area contributed by atoms with Crippen molar-refractivity contribution in [3.63, 3.8) is 0 Å². The number of carbonyl (C=O) groups excluding carboxylic acids is 2. The molecule has 2 rings (SSSR count). The molecule has 0 bridgehead atoms. The van der Waals surface area contributed by atoms with Crippen molar-refractivity contribution in [3.8, 4) is 11.5 Å². The standard InChI is InChI=1S/C17H17ClN2O5/c1-23-11-4-6-15(24-2)14(8-11)20-16(21)9-25-17(22)10-3-5-12(18)13(19)7-10/h3-8H,9,19H2,1-2H3,(H,20,21). The van der Waals surface area contributed by atoms with Crippen molar-refractivity contribution in [2.45, 2.75) is 0 Å². The van der Waals surface area contributed by atoms with E-state index in [2.05, 4.69) is 5.32 Å². The maximum Gasteiger partial charge on any atom is 0.338 e. The van der Waals surface area contributed by atoms with Gasteiger partial charge in [0.1, 0.15) is 11.5 Å². The van der Waals surface area contributed by atoms with Gasteiger partial charge in [0.25, 0.3) is 5.91 Å². The highest BCUT2D eigenvalue weighted by Gasteiger charge is 2.13. The zero-order valence-electron chi connectivity index (χ0n) is 13.7. The number of nitrogens with one attached hydrogen (secondary N) is 1. The van der Waals surface area contributed by atoms with Crippen LogP contribution in [0.25, 0.3) is 0 Å². The summed E-state index contributed by atoms with van der Waals surface area (Å²) < 4.78 is 15.2. The number of esters is 1. The third-order valence-corrected chi connectivity index (χ3v) is 3.59. The maximum absolute atomic E-state index is 12.0. The minimum Gasteiger partial charge on any atom is -0.497 e. The van der Waals surface area contributed by atoms with Crippen LogP contribution in [0.5, 0.6) is 11.5 Å². The number of methoxy groups -OCH3 is 2. The van der Waals surface area contributed by atoms with Gasteiger partial charge in [0.05, 0.1) is 36.2 Å². The number of ether oxygens (including phenoxy) is 3. The normalized spacial score (nSPS) is 10.0. The molecule has 2 aromatic carbocycles. The minimum atomic E-state index is -0.684. The number of hydrogen-bond donors (Lipinski definition) is 2. The lowest BCUT2D eigenvalue weighted by molar-refractivity contribution is -0.119. The van der Waals surface area contributed by atoms with Crippen LogP contribution in [-0.4, -0.2) is 32.7 Å². The average molecular weight is 365 g/mol. The van der Waals surface area contributed by atoms with Gasteiger partial charge in [-0.05, 0) is 30.3 Å². The molecule has 0 unspecified atom stereocenters. The Bertz CT molecular complexity index is 795. The quantitative estimate of drug-likeness (QED) is 0.604. The van der Waals surface area contributed by atoms with Gasteiger partial charge in [0, 0.05) is 6.07 Å². The van der Waals surface area contributed by atoms with Gasteiger partial charge in [0.15, 0.2) is 6.61 Å². The number of halogens is 1. The fourth-order valence-electron chi connectivity index (χ4n) is 1.98. The Balaban J connectivity index is 1.98. The second kappa shape index (κ2) is 8.25. The molecule has 0 radical (unpaired) electrons. The molecule has 0 aromatic heterocycles. The fraction of sp³-hybridized carbons (Fsp3) is 0.176. The van der Waals surface area contributed by atoms with E-state index in [1.807, 2.05) is 0 Å². The molecule has 0 aliphatic rings. The lowest BCUT2D eigenvalue weighted by Crippen LogP contribution is -2.21. The van der Waals surface area contributed by atoms with E-state index in [1.165, 1.54) is 32.4 Å². The van der Waals surface area contributed by atoms with Crippen LogP contribution < -0.4 is 20.5 Å². The fourth-order valence-corrected chi connectivity index (χ4v) is 2.10. The van der Waals surface area contributed by atoms with E-state index in [9.17, 15) is 9.59 Å². The zero-order chi connectivity index (χ0) is 18.4. The van der Waals surface area contributed by atoms with Gasteiger partial charge in [-0.3, -0.25) is 4.79 Å². The molecule has 0 saturated carbocycles. The van der Waals surface area contributed by atoms with Crippen molar-refractivity contribution < 1.29 is 23.8 Å². The summed E-state index contributed by atoms with van der Waals surface area (Å²) in [5.41, 5.74) is 6.49. The largest absolute Gasteiger partial charge is 0.497 e. The highest BCUT2D eigenvalue weighted by atomic mass is 35.5. The number of hydrogen-bond acceptors (Lipinski definition) is 6. The molecule has 8 heteroatoms. The molecular weight excluding hydrogens is 348 g/mol. The summed E-state index contributed by atoms with van der Waals surface area (Å²) in [7, 11) is 2.98. The van der Waals surface area contributed by atoms with E-state index >= 15 is 0 Å². The first-order chi connectivity index (χ1) is 11.9. The van der Waals surface area contributed by atoms with E-state index in [4.69, 9.17) is 31.5 Å². The third kappa shape index (κ3) is 4.77. The van der Waals surface area contributed by atoms with Crippen LogP contribution in [0.15, 0.2) is 36.4 Å². The minimum absolute atomic E-state index is 0.202. The van der Waals surface area contributed by atoms with Crippen LogP contribution in [0.3, 0.4) is 0 Å². The molecule has 2 aromatic rings. The molecule has 3 N–H and O–H groups in total. The summed E-state index contributed by atoms with van der Waals surface area (Å²) in [6.07, 6.45) is 0. The van der Waals surface area contributed by atoms with Crippen molar-refractivity contribution in [1.82, 2.24) is 0 Å². The number of rotatable bonds is 6. The number of nitrogens with two attached hydrogens (primary N) is 1. The predicted octanol–water partition coefficient (Wildman–Crippen LogP) is 2.73. The SMILES string of the molecule is COc1ccc(OC)c(NC(=O)COC(=O)c2ccc(Cl)c(N)c2)c1. The summed E-state index contributed by atoms with van der Waals surface area (Å²) >= 11 is 5.79. The van der Waals surface area contributed by atoms with Crippen LogP contribution in [0.2, 0.25) is 5.02 Å². The number of nitrogen functional groups attached to an aromatic ring is 1. The van der Waals surface area contributed by atoms with E-state index < -0.39 is 18.5 Å². The molecule has 0 spiro atoms. The molecule has 0 saturated heterocycles. The van der Waals surface area contributed by atoms with Gasteiger partial charge in [-0.15, -0.1) is 0 Å². The molecule has 132 valence electrons. The Morgan fingerprint density at radius 1 is 1.12 bits per heavy atom. The Morgan fingerprint density at radius 3 is 2.52 bits per heavy atom.